The van der Waals surface area contributed by atoms with Gasteiger partial charge in [0.05, 0.1) is 0 Å². The lowest BCUT2D eigenvalue weighted by Gasteiger charge is -2.39. The van der Waals surface area contributed by atoms with Gasteiger partial charge < -0.3 is 14.6 Å². The van der Waals surface area contributed by atoms with Gasteiger partial charge in [-0.05, 0) is 52.4 Å². The van der Waals surface area contributed by atoms with Crippen molar-refractivity contribution in [1.29, 1.82) is 0 Å². The molecular formula is C15H23N3O3. The van der Waals surface area contributed by atoms with Gasteiger partial charge in [0.25, 0.3) is 0 Å². The van der Waals surface area contributed by atoms with Gasteiger partial charge in [-0.2, -0.15) is 4.98 Å². The summed E-state index contributed by atoms with van der Waals surface area (Å²) >= 11 is 0. The van der Waals surface area contributed by atoms with E-state index in [1.807, 2.05) is 20.8 Å². The molecule has 0 radical (unpaired) electrons. The predicted molar refractivity (Wildman–Crippen MR) is 75.7 cm³/mol. The molecule has 2 aliphatic rings. The Morgan fingerprint density at radius 2 is 2.10 bits per heavy atom. The fourth-order valence-corrected chi connectivity index (χ4v) is 2.68. The summed E-state index contributed by atoms with van der Waals surface area (Å²) in [5.41, 5.74) is -1.02. The van der Waals surface area contributed by atoms with Crippen molar-refractivity contribution in [2.75, 3.05) is 0 Å². The lowest BCUT2D eigenvalue weighted by molar-refractivity contribution is 0.0362. The minimum absolute atomic E-state index is 0.393. The summed E-state index contributed by atoms with van der Waals surface area (Å²) in [7, 11) is 0. The summed E-state index contributed by atoms with van der Waals surface area (Å²) in [5, 5.41) is 7.04. The second kappa shape index (κ2) is 4.71. The Kier molecular flexibility index (Phi) is 3.22. The second-order valence-electron chi connectivity index (χ2n) is 7.34. The van der Waals surface area contributed by atoms with Crippen molar-refractivity contribution in [3.63, 3.8) is 0 Å². The first kappa shape index (κ1) is 14.4. The van der Waals surface area contributed by atoms with Crippen LogP contribution in [0, 0.1) is 5.92 Å². The minimum atomic E-state index is -0.513. The molecule has 1 heterocycles. The van der Waals surface area contributed by atoms with Crippen LogP contribution in [0.4, 0.5) is 4.79 Å². The van der Waals surface area contributed by atoms with Crippen molar-refractivity contribution in [1.82, 2.24) is 15.5 Å². The molecular weight excluding hydrogens is 270 g/mol. The highest BCUT2D eigenvalue weighted by atomic mass is 16.6. The first-order chi connectivity index (χ1) is 9.79. The first-order valence-corrected chi connectivity index (χ1v) is 7.64. The van der Waals surface area contributed by atoms with Gasteiger partial charge in [0.2, 0.25) is 5.89 Å². The van der Waals surface area contributed by atoms with E-state index >= 15 is 0 Å². The van der Waals surface area contributed by atoms with E-state index in [1.165, 1.54) is 0 Å². The number of aromatic nitrogens is 2. The van der Waals surface area contributed by atoms with E-state index in [1.54, 1.807) is 0 Å². The fourth-order valence-electron chi connectivity index (χ4n) is 2.68. The normalized spacial score (nSPS) is 26.9. The SMILES string of the molecule is C[C@H]1C[C@@H]1c1nc(C2(NC(=O)OC(C)(C)C)CCC2)no1. The third-order valence-electron chi connectivity index (χ3n) is 4.24. The molecule has 116 valence electrons. The van der Waals surface area contributed by atoms with Crippen LogP contribution in [-0.4, -0.2) is 21.8 Å². The van der Waals surface area contributed by atoms with Gasteiger partial charge >= 0.3 is 6.09 Å². The highest BCUT2D eigenvalue weighted by Crippen LogP contribution is 2.47. The Bertz CT molecular complexity index is 543. The van der Waals surface area contributed by atoms with Crippen LogP contribution in [0.15, 0.2) is 4.52 Å². The lowest BCUT2D eigenvalue weighted by Crippen LogP contribution is -2.52. The van der Waals surface area contributed by atoms with E-state index in [-0.39, 0.29) is 0 Å². The molecule has 0 aliphatic heterocycles. The van der Waals surface area contributed by atoms with Gasteiger partial charge in [0.1, 0.15) is 11.1 Å². The average Bonchev–Trinajstić information content (AvgIpc) is 2.85. The monoisotopic (exact) mass is 293 g/mol. The van der Waals surface area contributed by atoms with Gasteiger partial charge in [0, 0.05) is 5.92 Å². The summed E-state index contributed by atoms with van der Waals surface area (Å²) < 4.78 is 10.7. The van der Waals surface area contributed by atoms with Crippen molar-refractivity contribution in [3.05, 3.63) is 11.7 Å². The number of nitrogens with zero attached hydrogens (tertiary/aromatic N) is 2. The first-order valence-electron chi connectivity index (χ1n) is 7.64. The fraction of sp³-hybridized carbons (Fsp3) is 0.800. The van der Waals surface area contributed by atoms with Gasteiger partial charge in [-0.25, -0.2) is 4.79 Å². The number of nitrogens with one attached hydrogen (secondary N) is 1. The summed E-state index contributed by atoms with van der Waals surface area (Å²) in [4.78, 5) is 16.5. The zero-order valence-corrected chi connectivity index (χ0v) is 13.1. The number of hydrogen-bond donors (Lipinski definition) is 1. The van der Waals surface area contributed by atoms with E-state index in [0.717, 1.165) is 25.7 Å². The molecule has 3 rings (SSSR count). The second-order valence-corrected chi connectivity index (χ2v) is 7.34. The molecule has 0 unspecified atom stereocenters. The van der Waals surface area contributed by atoms with E-state index < -0.39 is 17.2 Å². The molecule has 1 aromatic rings. The number of hydrogen-bond acceptors (Lipinski definition) is 5. The number of ether oxygens (including phenoxy) is 1. The van der Waals surface area contributed by atoms with Crippen LogP contribution < -0.4 is 5.32 Å². The topological polar surface area (TPSA) is 77.2 Å². The highest BCUT2D eigenvalue weighted by Gasteiger charge is 2.47. The maximum absolute atomic E-state index is 12.0. The Labute approximate surface area is 124 Å². The zero-order valence-electron chi connectivity index (χ0n) is 13.1. The largest absolute Gasteiger partial charge is 0.444 e. The van der Waals surface area contributed by atoms with E-state index in [0.29, 0.717) is 23.6 Å². The van der Waals surface area contributed by atoms with Crippen LogP contribution >= 0.6 is 0 Å². The molecule has 2 aliphatic carbocycles. The highest BCUT2D eigenvalue weighted by molar-refractivity contribution is 5.69. The molecule has 0 spiro atoms. The van der Waals surface area contributed by atoms with Crippen LogP contribution in [-0.2, 0) is 10.3 Å². The predicted octanol–water partition coefficient (Wildman–Crippen LogP) is 3.10. The van der Waals surface area contributed by atoms with Crippen molar-refractivity contribution in [2.24, 2.45) is 5.92 Å². The smallest absolute Gasteiger partial charge is 0.408 e. The minimum Gasteiger partial charge on any atom is -0.444 e. The summed E-state index contributed by atoms with van der Waals surface area (Å²) in [6.45, 7) is 7.72. The molecule has 2 atom stereocenters. The third-order valence-corrected chi connectivity index (χ3v) is 4.24. The van der Waals surface area contributed by atoms with Crippen molar-refractivity contribution in [3.8, 4) is 0 Å². The maximum atomic E-state index is 12.0. The lowest BCUT2D eigenvalue weighted by atomic mass is 9.76. The number of alkyl carbamates (subject to hydrolysis) is 1. The number of carbonyl (C=O) groups is 1. The molecule has 6 heteroatoms. The number of amides is 1. The number of rotatable bonds is 3. The Morgan fingerprint density at radius 1 is 1.43 bits per heavy atom. The van der Waals surface area contributed by atoms with E-state index in [4.69, 9.17) is 9.26 Å². The molecule has 0 bridgehead atoms. The molecule has 2 saturated carbocycles. The number of carbonyl (C=O) groups excluding carboxylic acids is 1. The Balaban J connectivity index is 1.71. The Hall–Kier alpha value is -1.59. The zero-order chi connectivity index (χ0) is 15.3. The van der Waals surface area contributed by atoms with Crippen LogP contribution in [0.1, 0.15) is 71.0 Å². The van der Waals surface area contributed by atoms with E-state index in [2.05, 4.69) is 22.4 Å². The Morgan fingerprint density at radius 3 is 2.57 bits per heavy atom. The summed E-state index contributed by atoms with van der Waals surface area (Å²) in [6.07, 6.45) is 3.37. The van der Waals surface area contributed by atoms with Crippen molar-refractivity contribution >= 4 is 6.09 Å². The molecule has 1 aromatic heterocycles. The summed E-state index contributed by atoms with van der Waals surface area (Å²) in [6, 6.07) is 0. The molecule has 2 fully saturated rings. The maximum Gasteiger partial charge on any atom is 0.408 e. The molecule has 6 nitrogen and oxygen atoms in total. The molecule has 21 heavy (non-hydrogen) atoms. The van der Waals surface area contributed by atoms with Crippen LogP contribution in [0.3, 0.4) is 0 Å². The van der Waals surface area contributed by atoms with Gasteiger partial charge in [-0.15, -0.1) is 0 Å². The van der Waals surface area contributed by atoms with Gasteiger partial charge in [-0.3, -0.25) is 0 Å². The third kappa shape index (κ3) is 2.89. The van der Waals surface area contributed by atoms with E-state index in [9.17, 15) is 4.79 Å². The van der Waals surface area contributed by atoms with Crippen LogP contribution in [0.2, 0.25) is 0 Å². The van der Waals surface area contributed by atoms with Crippen molar-refractivity contribution in [2.45, 2.75) is 70.4 Å². The average molecular weight is 293 g/mol. The molecule has 1 amide bonds. The quantitative estimate of drug-likeness (QED) is 0.926. The van der Waals surface area contributed by atoms with Crippen LogP contribution in [0.25, 0.3) is 0 Å². The standard InChI is InChI=1S/C15H23N3O3/c1-9-8-10(9)11-16-12(18-21-11)15(6-5-7-15)17-13(19)20-14(2,3)4/h9-10H,5-8H2,1-4H3,(H,17,19)/t9-,10-/m0/s1. The summed E-state index contributed by atoms with van der Waals surface area (Å²) in [5.74, 6) is 2.31. The molecule has 0 aromatic carbocycles. The molecule has 0 saturated heterocycles. The van der Waals surface area contributed by atoms with Crippen molar-refractivity contribution < 1.29 is 14.1 Å². The molecule has 1 N–H and O–H groups in total. The van der Waals surface area contributed by atoms with Gasteiger partial charge in [0.15, 0.2) is 5.82 Å². The van der Waals surface area contributed by atoms with Crippen LogP contribution in [0.5, 0.6) is 0 Å². The van der Waals surface area contributed by atoms with Gasteiger partial charge in [-0.1, -0.05) is 12.1 Å².